The van der Waals surface area contributed by atoms with Gasteiger partial charge in [-0.15, -0.1) is 0 Å². The van der Waals surface area contributed by atoms with Gasteiger partial charge >= 0.3 is 0 Å². The maximum absolute atomic E-state index is 12.6. The Bertz CT molecular complexity index is 819. The van der Waals surface area contributed by atoms with Gasteiger partial charge in [-0.25, -0.2) is 0 Å². The highest BCUT2D eigenvalue weighted by Gasteiger charge is 2.31. The molecule has 5 N–H and O–H groups in total. The Hall–Kier alpha value is -2.09. The summed E-state index contributed by atoms with van der Waals surface area (Å²) in [7, 11) is 1.65. The second kappa shape index (κ2) is 8.94. The number of aliphatic hydroxyl groups is 2. The first-order valence-electron chi connectivity index (χ1n) is 10.1. The number of rotatable bonds is 7. The molecule has 1 aliphatic heterocycles. The molecule has 28 heavy (non-hydrogen) atoms. The number of amides is 1. The minimum absolute atomic E-state index is 0.0293. The van der Waals surface area contributed by atoms with E-state index >= 15 is 0 Å². The Morgan fingerprint density at radius 1 is 1.29 bits per heavy atom. The van der Waals surface area contributed by atoms with Gasteiger partial charge in [0.15, 0.2) is 5.88 Å². The number of aliphatic hydroxyl groups excluding tert-OH is 2. The normalized spacial score (nSPS) is 23.6. The van der Waals surface area contributed by atoms with Gasteiger partial charge in [-0.3, -0.25) is 10.1 Å². The molecule has 1 amide bonds. The topological polar surface area (TPSA) is 107 Å². The zero-order chi connectivity index (χ0) is 20.3. The molecule has 7 heteroatoms. The number of carbonyl (C=O) groups excluding carboxylic acids is 1. The molecule has 0 aliphatic carbocycles. The second-order valence-corrected chi connectivity index (χ2v) is 7.60. The summed E-state index contributed by atoms with van der Waals surface area (Å²) < 4.78 is 1.66. The Labute approximate surface area is 165 Å². The van der Waals surface area contributed by atoms with Crippen molar-refractivity contribution in [3.63, 3.8) is 0 Å². The van der Waals surface area contributed by atoms with Crippen molar-refractivity contribution in [3.05, 3.63) is 30.0 Å². The number of likely N-dealkylation sites (N-methyl/N-ethyl adjacent to an activating group) is 1. The lowest BCUT2D eigenvalue weighted by molar-refractivity contribution is -0.122. The molecule has 0 saturated carbocycles. The lowest BCUT2D eigenvalue weighted by Gasteiger charge is -2.33. The molecule has 1 aromatic heterocycles. The largest absolute Gasteiger partial charge is 0.494 e. The van der Waals surface area contributed by atoms with Crippen molar-refractivity contribution in [3.8, 4) is 5.88 Å². The lowest BCUT2D eigenvalue weighted by Crippen LogP contribution is -2.47. The van der Waals surface area contributed by atoms with Crippen LogP contribution in [0.1, 0.15) is 63.0 Å². The summed E-state index contributed by atoms with van der Waals surface area (Å²) in [6, 6.07) is 5.24. The number of carbonyl (C=O) groups is 1. The average molecular weight is 389 g/mol. The van der Waals surface area contributed by atoms with Crippen LogP contribution in [0, 0.1) is 0 Å². The molecule has 154 valence electrons. The Kier molecular flexibility index (Phi) is 6.59. The van der Waals surface area contributed by atoms with E-state index in [1.54, 1.807) is 11.6 Å². The van der Waals surface area contributed by atoms with Gasteiger partial charge in [0.2, 0.25) is 5.91 Å². The van der Waals surface area contributed by atoms with Gasteiger partial charge in [0.05, 0.1) is 12.0 Å². The third kappa shape index (κ3) is 4.01. The van der Waals surface area contributed by atoms with Crippen molar-refractivity contribution in [2.45, 2.75) is 69.9 Å². The molecule has 3 rings (SSSR count). The molecule has 4 atom stereocenters. The molecule has 0 radical (unpaired) electrons. The summed E-state index contributed by atoms with van der Waals surface area (Å²) in [5.41, 5.74) is 0.889. The quantitative estimate of drug-likeness (QED) is 0.467. The Morgan fingerprint density at radius 3 is 2.75 bits per heavy atom. The van der Waals surface area contributed by atoms with Crippen LogP contribution >= 0.6 is 0 Å². The maximum atomic E-state index is 12.6. The van der Waals surface area contributed by atoms with E-state index in [1.807, 2.05) is 24.4 Å². The van der Waals surface area contributed by atoms with Gasteiger partial charge in [0.25, 0.3) is 0 Å². The number of nitrogens with zero attached hydrogens (tertiary/aromatic N) is 1. The second-order valence-electron chi connectivity index (χ2n) is 7.60. The Morgan fingerprint density at radius 2 is 2.07 bits per heavy atom. The van der Waals surface area contributed by atoms with Crippen LogP contribution in [0.15, 0.2) is 24.4 Å². The fourth-order valence-electron chi connectivity index (χ4n) is 4.19. The molecule has 1 aromatic carbocycles. The molecule has 0 bridgehead atoms. The molecule has 1 saturated heterocycles. The van der Waals surface area contributed by atoms with Crippen LogP contribution in [0.25, 0.3) is 10.8 Å². The lowest BCUT2D eigenvalue weighted by atomic mass is 9.90. The van der Waals surface area contributed by atoms with Gasteiger partial charge in [-0.2, -0.15) is 0 Å². The van der Waals surface area contributed by atoms with Crippen molar-refractivity contribution in [1.82, 2.24) is 15.2 Å². The molecule has 4 unspecified atom stereocenters. The van der Waals surface area contributed by atoms with Crippen LogP contribution in [0.5, 0.6) is 5.88 Å². The predicted molar refractivity (Wildman–Crippen MR) is 108 cm³/mol. The maximum Gasteiger partial charge on any atom is 0.227 e. The SMILES string of the molecule is CCCCCC(C(=O)NC)c1cccc2c(O)n(C3CCC(O)NC3O)cc12. The highest BCUT2D eigenvalue weighted by Crippen LogP contribution is 2.38. The summed E-state index contributed by atoms with van der Waals surface area (Å²) in [5, 5.41) is 37.8. The van der Waals surface area contributed by atoms with Gasteiger partial charge < -0.3 is 25.2 Å². The van der Waals surface area contributed by atoms with Crippen molar-refractivity contribution in [1.29, 1.82) is 0 Å². The number of aromatic hydroxyl groups is 1. The first-order chi connectivity index (χ1) is 13.5. The average Bonchev–Trinajstić information content (AvgIpc) is 3.02. The van der Waals surface area contributed by atoms with Crippen LogP contribution < -0.4 is 10.6 Å². The van der Waals surface area contributed by atoms with E-state index < -0.39 is 12.5 Å². The zero-order valence-corrected chi connectivity index (χ0v) is 16.6. The summed E-state index contributed by atoms with van der Waals surface area (Å²) in [6.45, 7) is 2.13. The fraction of sp³-hybridized carbons (Fsp3) is 0.571. The molecule has 0 spiro atoms. The molecule has 1 fully saturated rings. The van der Waals surface area contributed by atoms with Gasteiger partial charge in [-0.1, -0.05) is 38.3 Å². The molecule has 2 aromatic rings. The van der Waals surface area contributed by atoms with E-state index in [0.717, 1.165) is 36.6 Å². The van der Waals surface area contributed by atoms with Crippen LogP contribution in [0.2, 0.25) is 0 Å². The monoisotopic (exact) mass is 389 g/mol. The number of hydrogen-bond donors (Lipinski definition) is 5. The van der Waals surface area contributed by atoms with Gasteiger partial charge in [-0.05, 0) is 30.9 Å². The summed E-state index contributed by atoms with van der Waals surface area (Å²) in [5.74, 6) is -0.242. The third-order valence-corrected chi connectivity index (χ3v) is 5.75. The molecule has 7 nitrogen and oxygen atoms in total. The fourth-order valence-corrected chi connectivity index (χ4v) is 4.19. The molecule has 2 heterocycles. The number of fused-ring (bicyclic) bond motifs is 1. The standard InChI is InChI=1S/C21H31N3O4/c1-3-4-5-7-14(19(26)22-2)13-8-6-9-15-16(13)12-24(21(15)28)17-10-11-18(25)23-20(17)27/h6,8-9,12,14,17-18,20,23,25,27-28H,3-5,7,10-11H2,1-2H3,(H,22,26). The van der Waals surface area contributed by atoms with Crippen molar-refractivity contribution in [2.24, 2.45) is 0 Å². The van der Waals surface area contributed by atoms with E-state index in [4.69, 9.17) is 0 Å². The number of benzene rings is 1. The van der Waals surface area contributed by atoms with E-state index in [9.17, 15) is 20.1 Å². The first kappa shape index (κ1) is 20.6. The summed E-state index contributed by atoms with van der Waals surface area (Å²) in [4.78, 5) is 12.6. The first-order valence-corrected chi connectivity index (χ1v) is 10.1. The number of piperidine rings is 1. The van der Waals surface area contributed by atoms with Crippen LogP contribution in [0.3, 0.4) is 0 Å². The third-order valence-electron chi connectivity index (χ3n) is 5.75. The van der Waals surface area contributed by atoms with E-state index in [2.05, 4.69) is 17.6 Å². The molecular weight excluding hydrogens is 358 g/mol. The van der Waals surface area contributed by atoms with E-state index in [1.165, 1.54) is 0 Å². The highest BCUT2D eigenvalue weighted by molar-refractivity contribution is 5.95. The number of aromatic nitrogens is 1. The smallest absolute Gasteiger partial charge is 0.227 e. The van der Waals surface area contributed by atoms with Crippen LogP contribution in [0.4, 0.5) is 0 Å². The predicted octanol–water partition coefficient (Wildman–Crippen LogP) is 2.32. The van der Waals surface area contributed by atoms with Gasteiger partial charge in [0, 0.05) is 24.0 Å². The summed E-state index contributed by atoms with van der Waals surface area (Å²) in [6.07, 6.45) is 5.00. The highest BCUT2D eigenvalue weighted by atomic mass is 16.3. The minimum Gasteiger partial charge on any atom is -0.494 e. The van der Waals surface area contributed by atoms with Crippen LogP contribution in [-0.4, -0.2) is 45.3 Å². The molecule has 1 aliphatic rings. The Balaban J connectivity index is 2.01. The zero-order valence-electron chi connectivity index (χ0n) is 16.6. The van der Waals surface area contributed by atoms with E-state index in [0.29, 0.717) is 18.2 Å². The van der Waals surface area contributed by atoms with Gasteiger partial charge in [0.1, 0.15) is 12.5 Å². The minimum atomic E-state index is -0.959. The van der Waals surface area contributed by atoms with Crippen LogP contribution in [-0.2, 0) is 4.79 Å². The number of nitrogens with one attached hydrogen (secondary N) is 2. The van der Waals surface area contributed by atoms with E-state index in [-0.39, 0.29) is 23.7 Å². The number of hydrogen-bond acceptors (Lipinski definition) is 5. The van der Waals surface area contributed by atoms with Crippen molar-refractivity contribution < 1.29 is 20.1 Å². The summed E-state index contributed by atoms with van der Waals surface area (Å²) >= 11 is 0. The van der Waals surface area contributed by atoms with Crippen molar-refractivity contribution >= 4 is 16.7 Å². The van der Waals surface area contributed by atoms with Crippen molar-refractivity contribution in [2.75, 3.05) is 7.05 Å². The number of unbranched alkanes of at least 4 members (excludes halogenated alkanes) is 2. The molecular formula is C21H31N3O4.